The fourth-order valence-corrected chi connectivity index (χ4v) is 0.640. The van der Waals surface area contributed by atoms with Crippen LogP contribution in [-0.4, -0.2) is 0 Å². The van der Waals surface area contributed by atoms with E-state index in [-0.39, 0.29) is 0 Å². The van der Waals surface area contributed by atoms with Gasteiger partial charge in [-0.05, 0) is 12.1 Å². The van der Waals surface area contributed by atoms with Crippen LogP contribution in [0.1, 0.15) is 0 Å². The normalized spacial score (nSPS) is 9.33. The zero-order valence-corrected chi connectivity index (χ0v) is 4.89. The highest BCUT2D eigenvalue weighted by Gasteiger charge is 1.89. The standard InChI is InChI=1S/C6H8N3/c7-4-1-5(8)3-6(9)2-4/h1-2H,7-9H2. The highest BCUT2D eigenvalue weighted by molar-refractivity contribution is 5.60. The largest absolute Gasteiger partial charge is 0.399 e. The van der Waals surface area contributed by atoms with Gasteiger partial charge >= 0.3 is 0 Å². The van der Waals surface area contributed by atoms with Gasteiger partial charge in [0.05, 0.1) is 0 Å². The summed E-state index contributed by atoms with van der Waals surface area (Å²) in [5.74, 6) is 0. The minimum absolute atomic E-state index is 0.479. The Hall–Kier alpha value is -1.38. The molecule has 3 heteroatoms. The molecule has 9 heavy (non-hydrogen) atoms. The molecular weight excluding hydrogens is 114 g/mol. The van der Waals surface area contributed by atoms with Gasteiger partial charge in [0, 0.05) is 23.1 Å². The molecule has 6 N–H and O–H groups in total. The lowest BCUT2D eigenvalue weighted by Gasteiger charge is -1.96. The molecule has 0 aliphatic rings. The molecule has 0 amide bonds. The van der Waals surface area contributed by atoms with E-state index < -0.39 is 0 Å². The molecule has 1 aromatic carbocycles. The topological polar surface area (TPSA) is 78.1 Å². The molecule has 0 unspecified atom stereocenters. The van der Waals surface area contributed by atoms with Crippen LogP contribution in [0.15, 0.2) is 12.1 Å². The van der Waals surface area contributed by atoms with Crippen LogP contribution in [0.2, 0.25) is 0 Å². The lowest BCUT2D eigenvalue weighted by Crippen LogP contribution is -1.93. The molecule has 0 aliphatic heterocycles. The minimum atomic E-state index is 0.479. The average Bonchev–Trinajstić information content (AvgIpc) is 1.59. The third-order valence-electron chi connectivity index (χ3n) is 0.933. The Balaban J connectivity index is 3.17. The van der Waals surface area contributed by atoms with Crippen molar-refractivity contribution in [3.8, 4) is 0 Å². The second kappa shape index (κ2) is 1.85. The maximum Gasteiger partial charge on any atom is 0.0436 e. The van der Waals surface area contributed by atoms with Crippen LogP contribution in [0, 0.1) is 6.07 Å². The number of hydrogen-bond donors (Lipinski definition) is 3. The lowest BCUT2D eigenvalue weighted by atomic mass is 10.2. The Kier molecular flexibility index (Phi) is 1.18. The molecule has 1 aromatic rings. The minimum Gasteiger partial charge on any atom is -0.399 e. The van der Waals surface area contributed by atoms with E-state index in [0.717, 1.165) is 0 Å². The quantitative estimate of drug-likeness (QED) is 0.431. The van der Waals surface area contributed by atoms with Gasteiger partial charge in [0.2, 0.25) is 0 Å². The van der Waals surface area contributed by atoms with Gasteiger partial charge in [-0.25, -0.2) is 0 Å². The molecule has 1 radical (unpaired) electrons. The van der Waals surface area contributed by atoms with E-state index in [0.29, 0.717) is 17.1 Å². The predicted molar refractivity (Wildman–Crippen MR) is 38.5 cm³/mol. The molecule has 0 atom stereocenters. The molecule has 0 aromatic heterocycles. The molecule has 0 heterocycles. The lowest BCUT2D eigenvalue weighted by molar-refractivity contribution is 1.64. The molecule has 47 valence electrons. The summed E-state index contributed by atoms with van der Waals surface area (Å²) in [6, 6.07) is 5.90. The Labute approximate surface area is 53.5 Å². The van der Waals surface area contributed by atoms with Crippen LogP contribution in [0.3, 0.4) is 0 Å². The SMILES string of the molecule is Nc1[c]c(N)cc(N)c1. The van der Waals surface area contributed by atoms with E-state index in [1.165, 1.54) is 0 Å². The fraction of sp³-hybridized carbons (Fsp3) is 0. The summed E-state index contributed by atoms with van der Waals surface area (Å²) in [5, 5.41) is 0. The van der Waals surface area contributed by atoms with Gasteiger partial charge in [-0.1, -0.05) is 0 Å². The van der Waals surface area contributed by atoms with Crippen molar-refractivity contribution < 1.29 is 0 Å². The highest BCUT2D eigenvalue weighted by Crippen LogP contribution is 2.13. The van der Waals surface area contributed by atoms with E-state index in [4.69, 9.17) is 17.2 Å². The van der Waals surface area contributed by atoms with E-state index in [1.807, 2.05) is 0 Å². The van der Waals surface area contributed by atoms with Crippen molar-refractivity contribution in [1.29, 1.82) is 0 Å². The third-order valence-corrected chi connectivity index (χ3v) is 0.933. The van der Waals surface area contributed by atoms with E-state index in [2.05, 4.69) is 6.07 Å². The predicted octanol–water partition coefficient (Wildman–Crippen LogP) is 0.233. The number of nitrogen functional groups attached to an aromatic ring is 3. The van der Waals surface area contributed by atoms with E-state index >= 15 is 0 Å². The Morgan fingerprint density at radius 1 is 1.00 bits per heavy atom. The van der Waals surface area contributed by atoms with Crippen LogP contribution in [0.5, 0.6) is 0 Å². The molecule has 0 saturated carbocycles. The van der Waals surface area contributed by atoms with Crippen LogP contribution in [-0.2, 0) is 0 Å². The van der Waals surface area contributed by atoms with Crippen LogP contribution in [0.25, 0.3) is 0 Å². The zero-order chi connectivity index (χ0) is 6.85. The summed E-state index contributed by atoms with van der Waals surface area (Å²) in [7, 11) is 0. The van der Waals surface area contributed by atoms with Crippen molar-refractivity contribution >= 4 is 17.1 Å². The Bertz CT molecular complexity index is 169. The van der Waals surface area contributed by atoms with Crippen molar-refractivity contribution in [3.63, 3.8) is 0 Å². The number of rotatable bonds is 0. The van der Waals surface area contributed by atoms with Gasteiger partial charge in [-0.15, -0.1) is 0 Å². The highest BCUT2D eigenvalue weighted by atomic mass is 14.6. The molecular formula is C6H8N3. The number of nitrogens with two attached hydrogens (primary N) is 3. The molecule has 0 bridgehead atoms. The van der Waals surface area contributed by atoms with Crippen molar-refractivity contribution in [2.75, 3.05) is 17.2 Å². The molecule has 0 aliphatic carbocycles. The second-order valence-electron chi connectivity index (χ2n) is 1.82. The van der Waals surface area contributed by atoms with Crippen LogP contribution >= 0.6 is 0 Å². The van der Waals surface area contributed by atoms with E-state index in [9.17, 15) is 0 Å². The molecule has 0 saturated heterocycles. The monoisotopic (exact) mass is 122 g/mol. The Morgan fingerprint density at radius 2 is 1.44 bits per heavy atom. The number of hydrogen-bond acceptors (Lipinski definition) is 3. The second-order valence-corrected chi connectivity index (χ2v) is 1.82. The van der Waals surface area contributed by atoms with Gasteiger partial charge in [-0.3, -0.25) is 0 Å². The van der Waals surface area contributed by atoms with Gasteiger partial charge in [0.25, 0.3) is 0 Å². The first-order valence-electron chi connectivity index (χ1n) is 2.52. The van der Waals surface area contributed by atoms with Gasteiger partial charge in [0.1, 0.15) is 0 Å². The summed E-state index contributed by atoms with van der Waals surface area (Å²) in [5.41, 5.74) is 17.6. The zero-order valence-electron chi connectivity index (χ0n) is 4.89. The number of benzene rings is 1. The van der Waals surface area contributed by atoms with Crippen molar-refractivity contribution in [2.24, 2.45) is 0 Å². The molecule has 1 rings (SSSR count). The average molecular weight is 122 g/mol. The third kappa shape index (κ3) is 1.25. The maximum absolute atomic E-state index is 5.38. The number of anilines is 3. The van der Waals surface area contributed by atoms with Crippen LogP contribution < -0.4 is 17.2 Å². The fourth-order valence-electron chi connectivity index (χ4n) is 0.640. The van der Waals surface area contributed by atoms with Gasteiger partial charge in [0.15, 0.2) is 0 Å². The first-order chi connectivity index (χ1) is 4.18. The van der Waals surface area contributed by atoms with Gasteiger partial charge in [-0.2, -0.15) is 0 Å². The summed E-state index contributed by atoms with van der Waals surface area (Å²) >= 11 is 0. The first kappa shape index (κ1) is 5.75. The molecule has 0 spiro atoms. The molecule has 0 fully saturated rings. The summed E-state index contributed by atoms with van der Waals surface area (Å²) in [6.07, 6.45) is 0. The smallest absolute Gasteiger partial charge is 0.0436 e. The summed E-state index contributed by atoms with van der Waals surface area (Å²) < 4.78 is 0. The maximum atomic E-state index is 5.38. The van der Waals surface area contributed by atoms with Gasteiger partial charge < -0.3 is 17.2 Å². The van der Waals surface area contributed by atoms with Crippen molar-refractivity contribution in [1.82, 2.24) is 0 Å². The van der Waals surface area contributed by atoms with Crippen LogP contribution in [0.4, 0.5) is 17.1 Å². The molecule has 3 nitrogen and oxygen atoms in total. The summed E-state index contributed by atoms with van der Waals surface area (Å²) in [6.45, 7) is 0. The summed E-state index contributed by atoms with van der Waals surface area (Å²) in [4.78, 5) is 0. The van der Waals surface area contributed by atoms with Crippen molar-refractivity contribution in [2.45, 2.75) is 0 Å². The first-order valence-corrected chi connectivity index (χ1v) is 2.52. The van der Waals surface area contributed by atoms with E-state index in [1.54, 1.807) is 12.1 Å². The van der Waals surface area contributed by atoms with Crippen molar-refractivity contribution in [3.05, 3.63) is 18.2 Å². The Morgan fingerprint density at radius 3 is 1.78 bits per heavy atom.